The Bertz CT molecular complexity index is 1280. The zero-order valence-corrected chi connectivity index (χ0v) is 21.3. The number of aromatic nitrogens is 4. The summed E-state index contributed by atoms with van der Waals surface area (Å²) in [5, 5.41) is 10.8. The van der Waals surface area contributed by atoms with Gasteiger partial charge in [0.2, 0.25) is 11.7 Å². The molecule has 36 heavy (non-hydrogen) atoms. The van der Waals surface area contributed by atoms with Gasteiger partial charge in [-0.05, 0) is 11.4 Å². The molecule has 2 N–H and O–H groups in total. The summed E-state index contributed by atoms with van der Waals surface area (Å²) in [5.74, 6) is 2.68. The van der Waals surface area contributed by atoms with Gasteiger partial charge in [0.15, 0.2) is 28.5 Å². The Morgan fingerprint density at radius 1 is 1.06 bits per heavy atom. The van der Waals surface area contributed by atoms with E-state index in [9.17, 15) is 0 Å². The van der Waals surface area contributed by atoms with Crippen molar-refractivity contribution in [3.8, 4) is 22.9 Å². The summed E-state index contributed by atoms with van der Waals surface area (Å²) < 4.78 is 23.9. The van der Waals surface area contributed by atoms with Crippen LogP contribution >= 0.6 is 11.3 Å². The molecule has 1 aliphatic rings. The summed E-state index contributed by atoms with van der Waals surface area (Å²) >= 11 is 1.62. The molecule has 0 amide bonds. The first-order valence-corrected chi connectivity index (χ1v) is 12.5. The van der Waals surface area contributed by atoms with E-state index in [1.54, 1.807) is 39.0 Å². The molecule has 1 aromatic carbocycles. The minimum absolute atomic E-state index is 0.516. The van der Waals surface area contributed by atoms with Crippen molar-refractivity contribution >= 4 is 40.0 Å². The number of morpholine rings is 1. The van der Waals surface area contributed by atoms with E-state index in [1.165, 1.54) is 0 Å². The van der Waals surface area contributed by atoms with Crippen molar-refractivity contribution in [3.05, 3.63) is 35.3 Å². The second kappa shape index (κ2) is 11.0. The van der Waals surface area contributed by atoms with Crippen molar-refractivity contribution in [2.24, 2.45) is 0 Å². The lowest BCUT2D eigenvalue weighted by atomic mass is 10.2. The molecule has 3 aromatic heterocycles. The summed E-state index contributed by atoms with van der Waals surface area (Å²) in [6.45, 7) is 4.99. The molecular weight excluding hydrogens is 482 g/mol. The number of imidazole rings is 1. The minimum Gasteiger partial charge on any atom is -0.493 e. The van der Waals surface area contributed by atoms with Gasteiger partial charge in [-0.25, -0.2) is 4.98 Å². The van der Waals surface area contributed by atoms with Crippen LogP contribution in [0.4, 0.5) is 17.5 Å². The van der Waals surface area contributed by atoms with Crippen molar-refractivity contribution in [3.63, 3.8) is 0 Å². The number of rotatable bonds is 10. The number of nitrogens with zero attached hydrogens (tertiary/aromatic N) is 5. The third-order valence-corrected chi connectivity index (χ3v) is 6.59. The summed E-state index contributed by atoms with van der Waals surface area (Å²) in [7, 11) is 4.75. The SMILES string of the molecule is COc1cc(Nc2nc(NCCN3CCOCC3)nc3c2ncn3-c2ccsc2)cc(OC)c1OC. The number of thiophene rings is 1. The zero-order chi connectivity index (χ0) is 24.9. The van der Waals surface area contributed by atoms with Crippen LogP contribution in [0.3, 0.4) is 0 Å². The molecule has 0 spiro atoms. The van der Waals surface area contributed by atoms with Crippen molar-refractivity contribution in [2.75, 3.05) is 71.4 Å². The molecule has 5 rings (SSSR count). The molecule has 12 heteroatoms. The first-order valence-electron chi connectivity index (χ1n) is 11.6. The quantitative estimate of drug-likeness (QED) is 0.329. The van der Waals surface area contributed by atoms with Crippen molar-refractivity contribution in [2.45, 2.75) is 0 Å². The first-order chi connectivity index (χ1) is 17.7. The zero-order valence-electron chi connectivity index (χ0n) is 20.5. The van der Waals surface area contributed by atoms with Gasteiger partial charge in [-0.3, -0.25) is 9.47 Å². The molecule has 190 valence electrons. The fraction of sp³-hybridized carbons (Fsp3) is 0.375. The van der Waals surface area contributed by atoms with E-state index in [2.05, 4.69) is 25.9 Å². The molecule has 0 atom stereocenters. The van der Waals surface area contributed by atoms with Crippen LogP contribution in [0.1, 0.15) is 0 Å². The number of methoxy groups -OCH3 is 3. The van der Waals surface area contributed by atoms with Crippen LogP contribution in [0, 0.1) is 0 Å². The number of hydrogen-bond donors (Lipinski definition) is 2. The normalized spacial score (nSPS) is 14.1. The Morgan fingerprint density at radius 2 is 1.83 bits per heavy atom. The van der Waals surface area contributed by atoms with E-state index >= 15 is 0 Å². The van der Waals surface area contributed by atoms with Crippen molar-refractivity contribution < 1.29 is 18.9 Å². The predicted molar refractivity (Wildman–Crippen MR) is 140 cm³/mol. The molecule has 4 heterocycles. The molecule has 0 unspecified atom stereocenters. The van der Waals surface area contributed by atoms with Gasteiger partial charge < -0.3 is 29.6 Å². The van der Waals surface area contributed by atoms with Gasteiger partial charge in [-0.1, -0.05) is 0 Å². The van der Waals surface area contributed by atoms with Crippen LogP contribution in [-0.4, -0.2) is 85.1 Å². The Balaban J connectivity index is 1.48. The van der Waals surface area contributed by atoms with E-state index < -0.39 is 0 Å². The molecule has 1 aliphatic heterocycles. The van der Waals surface area contributed by atoms with E-state index in [4.69, 9.17) is 28.9 Å². The maximum atomic E-state index is 5.51. The Morgan fingerprint density at radius 3 is 2.50 bits per heavy atom. The molecule has 1 fully saturated rings. The lowest BCUT2D eigenvalue weighted by molar-refractivity contribution is 0.0398. The highest BCUT2D eigenvalue weighted by Gasteiger charge is 2.18. The number of anilines is 3. The summed E-state index contributed by atoms with van der Waals surface area (Å²) in [5.41, 5.74) is 3.06. The van der Waals surface area contributed by atoms with Crippen molar-refractivity contribution in [1.29, 1.82) is 0 Å². The van der Waals surface area contributed by atoms with Crippen LogP contribution in [0.15, 0.2) is 35.3 Å². The van der Waals surface area contributed by atoms with Gasteiger partial charge in [0.05, 0.1) is 40.2 Å². The Kier molecular flexibility index (Phi) is 7.35. The molecular formula is C24H29N7O4S. The number of benzene rings is 1. The maximum absolute atomic E-state index is 5.51. The molecule has 0 saturated carbocycles. The third-order valence-electron chi connectivity index (χ3n) is 5.92. The summed E-state index contributed by atoms with van der Waals surface area (Å²) in [6, 6.07) is 5.69. The second-order valence-electron chi connectivity index (χ2n) is 8.08. The lowest BCUT2D eigenvalue weighted by Crippen LogP contribution is -2.39. The molecule has 4 aromatic rings. The first kappa shape index (κ1) is 24.1. The van der Waals surface area contributed by atoms with Crippen LogP contribution in [-0.2, 0) is 4.74 Å². The number of nitrogens with one attached hydrogen (secondary N) is 2. The van der Waals surface area contributed by atoms with E-state index in [1.807, 2.05) is 28.1 Å². The number of fused-ring (bicyclic) bond motifs is 1. The second-order valence-corrected chi connectivity index (χ2v) is 8.86. The molecule has 1 saturated heterocycles. The third kappa shape index (κ3) is 5.01. The van der Waals surface area contributed by atoms with E-state index in [-0.39, 0.29) is 0 Å². The highest BCUT2D eigenvalue weighted by Crippen LogP contribution is 2.41. The van der Waals surface area contributed by atoms with Crippen LogP contribution in [0.5, 0.6) is 17.2 Å². The largest absolute Gasteiger partial charge is 0.493 e. The minimum atomic E-state index is 0.516. The standard InChI is InChI=1S/C24H29N7O4S/c1-32-18-12-16(13-19(33-2)21(18)34-3)27-22-20-23(31(15-26-20)17-4-11-36-14-17)29-24(28-22)25-5-6-30-7-9-35-10-8-30/h4,11-15H,5-10H2,1-3H3,(H2,25,27,28,29). The van der Waals surface area contributed by atoms with E-state index in [0.717, 1.165) is 38.5 Å². The monoisotopic (exact) mass is 511 g/mol. The maximum Gasteiger partial charge on any atom is 0.226 e. The topological polar surface area (TPSA) is 108 Å². The van der Waals surface area contributed by atoms with Crippen LogP contribution in [0.25, 0.3) is 16.9 Å². The Labute approximate surface area is 213 Å². The van der Waals surface area contributed by atoms with Crippen LogP contribution < -0.4 is 24.8 Å². The lowest BCUT2D eigenvalue weighted by Gasteiger charge is -2.26. The molecule has 0 aliphatic carbocycles. The highest BCUT2D eigenvalue weighted by atomic mass is 32.1. The predicted octanol–water partition coefficient (Wildman–Crippen LogP) is 3.39. The molecule has 0 bridgehead atoms. The fourth-order valence-corrected chi connectivity index (χ4v) is 4.72. The smallest absolute Gasteiger partial charge is 0.226 e. The van der Waals surface area contributed by atoms with Gasteiger partial charge in [-0.2, -0.15) is 21.3 Å². The summed E-state index contributed by atoms with van der Waals surface area (Å²) in [6.07, 6.45) is 1.76. The molecule has 0 radical (unpaired) electrons. The van der Waals surface area contributed by atoms with Gasteiger partial charge in [0.25, 0.3) is 0 Å². The highest BCUT2D eigenvalue weighted by molar-refractivity contribution is 7.08. The van der Waals surface area contributed by atoms with Crippen molar-refractivity contribution in [1.82, 2.24) is 24.4 Å². The Hall–Kier alpha value is -3.61. The van der Waals surface area contributed by atoms with E-state index in [0.29, 0.717) is 52.4 Å². The van der Waals surface area contributed by atoms with Gasteiger partial charge >= 0.3 is 0 Å². The average Bonchev–Trinajstić information content (AvgIpc) is 3.59. The molecule has 11 nitrogen and oxygen atoms in total. The van der Waals surface area contributed by atoms with Gasteiger partial charge in [0, 0.05) is 49.4 Å². The average molecular weight is 512 g/mol. The fourth-order valence-electron chi connectivity index (χ4n) is 4.09. The summed E-state index contributed by atoms with van der Waals surface area (Å²) in [4.78, 5) is 16.6. The van der Waals surface area contributed by atoms with Gasteiger partial charge in [0.1, 0.15) is 6.33 Å². The van der Waals surface area contributed by atoms with Crippen LogP contribution in [0.2, 0.25) is 0 Å². The van der Waals surface area contributed by atoms with Gasteiger partial charge in [-0.15, -0.1) is 0 Å². The number of hydrogen-bond acceptors (Lipinski definition) is 11. The number of ether oxygens (including phenoxy) is 4.